The second kappa shape index (κ2) is 10.1. The van der Waals surface area contributed by atoms with E-state index >= 15 is 0 Å². The molecule has 130 valence electrons. The van der Waals surface area contributed by atoms with Gasteiger partial charge in [0.25, 0.3) is 0 Å². The van der Waals surface area contributed by atoms with Crippen molar-refractivity contribution in [1.29, 1.82) is 0 Å². The number of carbonyl (C=O) groups is 1. The number of nitrogens with one attached hydrogen (secondary N) is 1. The van der Waals surface area contributed by atoms with Gasteiger partial charge in [-0.2, -0.15) is 0 Å². The van der Waals surface area contributed by atoms with Gasteiger partial charge < -0.3 is 30.5 Å². The molecule has 0 saturated carbocycles. The maximum Gasteiger partial charge on any atom is 0.222 e. The van der Waals surface area contributed by atoms with Crippen molar-refractivity contribution in [3.63, 3.8) is 0 Å². The zero-order chi connectivity index (χ0) is 16.5. The fraction of sp³-hybridized carbons (Fsp3) is 0.933. The summed E-state index contributed by atoms with van der Waals surface area (Å²) in [5, 5.41) is 40.7. The molecule has 1 fully saturated rings. The van der Waals surface area contributed by atoms with Crippen LogP contribution in [0.2, 0.25) is 0 Å². The number of hydrogen-bond acceptors (Lipinski definition) is 6. The molecule has 7 heteroatoms. The van der Waals surface area contributed by atoms with Crippen molar-refractivity contribution in [2.75, 3.05) is 6.61 Å². The summed E-state index contributed by atoms with van der Waals surface area (Å²) in [6.45, 7) is 1.64. The first-order chi connectivity index (χ1) is 10.5. The smallest absolute Gasteiger partial charge is 0.222 e. The van der Waals surface area contributed by atoms with Crippen molar-refractivity contribution in [3.8, 4) is 0 Å². The molecule has 1 amide bonds. The van der Waals surface area contributed by atoms with Crippen LogP contribution in [0.3, 0.4) is 0 Å². The highest BCUT2D eigenvalue weighted by molar-refractivity contribution is 5.76. The van der Waals surface area contributed by atoms with Crippen molar-refractivity contribution in [2.24, 2.45) is 0 Å². The van der Waals surface area contributed by atoms with Gasteiger partial charge in [-0.1, -0.05) is 39.0 Å². The average Bonchev–Trinajstić information content (AvgIpc) is 2.51. The highest BCUT2D eigenvalue weighted by Gasteiger charge is 2.43. The third-order valence-electron chi connectivity index (χ3n) is 3.95. The molecule has 0 aliphatic carbocycles. The van der Waals surface area contributed by atoms with Gasteiger partial charge in [-0.15, -0.1) is 0 Å². The van der Waals surface area contributed by atoms with Gasteiger partial charge in [0, 0.05) is 6.42 Å². The van der Waals surface area contributed by atoms with E-state index in [1.165, 1.54) is 19.3 Å². The highest BCUT2D eigenvalue weighted by atomic mass is 16.6. The van der Waals surface area contributed by atoms with E-state index in [4.69, 9.17) is 9.84 Å². The Hall–Kier alpha value is -0.730. The van der Waals surface area contributed by atoms with E-state index in [2.05, 4.69) is 12.2 Å². The third kappa shape index (κ3) is 5.81. The number of aliphatic hydroxyl groups excluding tert-OH is 4. The first-order valence-corrected chi connectivity index (χ1v) is 8.11. The summed E-state index contributed by atoms with van der Waals surface area (Å²) in [4.78, 5) is 11.8. The van der Waals surface area contributed by atoms with Crippen LogP contribution >= 0.6 is 0 Å². The quantitative estimate of drug-likeness (QED) is 0.371. The largest absolute Gasteiger partial charge is 0.394 e. The minimum Gasteiger partial charge on any atom is -0.394 e. The number of ether oxygens (including phenoxy) is 1. The van der Waals surface area contributed by atoms with Gasteiger partial charge in [0.15, 0.2) is 6.23 Å². The molecule has 1 saturated heterocycles. The molecule has 22 heavy (non-hydrogen) atoms. The van der Waals surface area contributed by atoms with Gasteiger partial charge >= 0.3 is 0 Å². The van der Waals surface area contributed by atoms with Crippen LogP contribution in [0.25, 0.3) is 0 Å². The van der Waals surface area contributed by atoms with Gasteiger partial charge in [0.05, 0.1) is 6.61 Å². The minimum absolute atomic E-state index is 0.278. The maximum atomic E-state index is 11.8. The Morgan fingerprint density at radius 3 is 2.27 bits per heavy atom. The standard InChI is InChI=1S/C15H29NO6/c1-2-3-4-5-6-7-8-11(18)16-15-14(21)13(20)12(19)10(9-17)22-15/h10,12-15,17,19-21H,2-9H2,1H3,(H,16,18)/t10-,12-,13+,14-,15-/m1/s1. The SMILES string of the molecule is CCCCCCCCC(=O)N[C@@H]1O[C@H](CO)[C@@H](O)[C@H](O)[C@H]1O. The predicted octanol–water partition coefficient (Wildman–Crippen LogP) is -0.347. The van der Waals surface area contributed by atoms with E-state index in [9.17, 15) is 20.1 Å². The van der Waals surface area contributed by atoms with E-state index < -0.39 is 37.3 Å². The fourth-order valence-corrected chi connectivity index (χ4v) is 2.52. The van der Waals surface area contributed by atoms with Crippen LogP contribution in [0.5, 0.6) is 0 Å². The molecule has 0 spiro atoms. The van der Waals surface area contributed by atoms with Crippen molar-refractivity contribution in [3.05, 3.63) is 0 Å². The number of carbonyl (C=O) groups excluding carboxylic acids is 1. The normalized spacial score (nSPS) is 32.0. The Bertz CT molecular complexity index is 325. The van der Waals surface area contributed by atoms with Crippen LogP contribution in [-0.4, -0.2) is 63.6 Å². The van der Waals surface area contributed by atoms with Crippen LogP contribution in [0.4, 0.5) is 0 Å². The lowest BCUT2D eigenvalue weighted by molar-refractivity contribution is -0.236. The van der Waals surface area contributed by atoms with Crippen LogP contribution in [0, 0.1) is 0 Å². The van der Waals surface area contributed by atoms with Crippen molar-refractivity contribution >= 4 is 5.91 Å². The molecular weight excluding hydrogens is 290 g/mol. The molecule has 7 nitrogen and oxygen atoms in total. The van der Waals surface area contributed by atoms with Crippen molar-refractivity contribution < 1.29 is 30.0 Å². The van der Waals surface area contributed by atoms with Crippen LogP contribution in [-0.2, 0) is 9.53 Å². The minimum atomic E-state index is -1.47. The molecule has 5 N–H and O–H groups in total. The molecular formula is C15H29NO6. The monoisotopic (exact) mass is 319 g/mol. The lowest BCUT2D eigenvalue weighted by atomic mass is 9.98. The molecule has 0 aromatic heterocycles. The first kappa shape index (κ1) is 19.3. The van der Waals surface area contributed by atoms with Crippen molar-refractivity contribution in [1.82, 2.24) is 5.32 Å². The Morgan fingerprint density at radius 1 is 1.00 bits per heavy atom. The third-order valence-corrected chi connectivity index (χ3v) is 3.95. The molecule has 0 aromatic carbocycles. The number of aliphatic hydroxyl groups is 4. The van der Waals surface area contributed by atoms with Gasteiger partial charge in [-0.05, 0) is 6.42 Å². The van der Waals surface area contributed by atoms with E-state index in [0.29, 0.717) is 6.42 Å². The topological polar surface area (TPSA) is 119 Å². The molecule has 1 aliphatic heterocycles. The highest BCUT2D eigenvalue weighted by Crippen LogP contribution is 2.19. The number of hydrogen-bond donors (Lipinski definition) is 5. The first-order valence-electron chi connectivity index (χ1n) is 8.11. The summed E-state index contributed by atoms with van der Waals surface area (Å²) in [5.74, 6) is -0.278. The number of unbranched alkanes of at least 4 members (excludes halogenated alkanes) is 5. The lowest BCUT2D eigenvalue weighted by Crippen LogP contribution is -2.63. The average molecular weight is 319 g/mol. The summed E-state index contributed by atoms with van der Waals surface area (Å²) in [6, 6.07) is 0. The summed E-state index contributed by atoms with van der Waals surface area (Å²) >= 11 is 0. The van der Waals surface area contributed by atoms with E-state index in [-0.39, 0.29) is 5.91 Å². The maximum absolute atomic E-state index is 11.8. The second-order valence-electron chi connectivity index (χ2n) is 5.83. The van der Waals surface area contributed by atoms with Crippen LogP contribution in [0.1, 0.15) is 51.9 Å². The molecule has 5 atom stereocenters. The zero-order valence-corrected chi connectivity index (χ0v) is 13.1. The second-order valence-corrected chi connectivity index (χ2v) is 5.83. The van der Waals surface area contributed by atoms with Gasteiger partial charge in [0.2, 0.25) is 5.91 Å². The summed E-state index contributed by atoms with van der Waals surface area (Å²) in [7, 11) is 0. The van der Waals surface area contributed by atoms with Crippen LogP contribution in [0.15, 0.2) is 0 Å². The predicted molar refractivity (Wildman–Crippen MR) is 79.9 cm³/mol. The van der Waals surface area contributed by atoms with E-state index in [0.717, 1.165) is 19.3 Å². The van der Waals surface area contributed by atoms with Crippen molar-refractivity contribution in [2.45, 2.75) is 82.5 Å². The number of amides is 1. The Morgan fingerprint density at radius 2 is 1.64 bits per heavy atom. The summed E-state index contributed by atoms with van der Waals surface area (Å²) in [6.07, 6.45) is 0.279. The molecule has 0 radical (unpaired) electrons. The molecule has 0 bridgehead atoms. The zero-order valence-electron chi connectivity index (χ0n) is 13.1. The fourth-order valence-electron chi connectivity index (χ4n) is 2.52. The van der Waals surface area contributed by atoms with E-state index in [1.807, 2.05) is 0 Å². The molecule has 1 rings (SSSR count). The van der Waals surface area contributed by atoms with Gasteiger partial charge in [0.1, 0.15) is 24.4 Å². The lowest BCUT2D eigenvalue weighted by Gasteiger charge is -2.40. The van der Waals surface area contributed by atoms with E-state index in [1.54, 1.807) is 0 Å². The Labute approximate surface area is 131 Å². The number of rotatable bonds is 9. The molecule has 0 aromatic rings. The Kier molecular flexibility index (Phi) is 8.89. The molecule has 1 aliphatic rings. The molecule has 1 heterocycles. The van der Waals surface area contributed by atoms with Gasteiger partial charge in [-0.3, -0.25) is 4.79 Å². The molecule has 0 unspecified atom stereocenters. The summed E-state index contributed by atoms with van der Waals surface area (Å²) < 4.78 is 5.22. The van der Waals surface area contributed by atoms with Gasteiger partial charge in [-0.25, -0.2) is 0 Å². The van der Waals surface area contributed by atoms with Crippen LogP contribution < -0.4 is 5.32 Å². The summed E-state index contributed by atoms with van der Waals surface area (Å²) in [5.41, 5.74) is 0. The Balaban J connectivity index is 2.30.